The summed E-state index contributed by atoms with van der Waals surface area (Å²) in [4.78, 5) is 10.6. The van der Waals surface area contributed by atoms with Gasteiger partial charge in [0.05, 0.1) is 5.69 Å². The van der Waals surface area contributed by atoms with Gasteiger partial charge in [0.25, 0.3) is 0 Å². The third kappa shape index (κ3) is 1.99. The zero-order valence-electron chi connectivity index (χ0n) is 8.14. The Morgan fingerprint density at radius 3 is 2.80 bits per heavy atom. The van der Waals surface area contributed by atoms with Gasteiger partial charge in [0.15, 0.2) is 6.29 Å². The van der Waals surface area contributed by atoms with Crippen LogP contribution in [0.5, 0.6) is 0 Å². The van der Waals surface area contributed by atoms with Gasteiger partial charge < -0.3 is 0 Å². The van der Waals surface area contributed by atoms with Crippen molar-refractivity contribution in [3.8, 4) is 11.3 Å². The lowest BCUT2D eigenvalue weighted by atomic mass is 10.1. The zero-order chi connectivity index (χ0) is 10.8. The molecule has 0 saturated carbocycles. The summed E-state index contributed by atoms with van der Waals surface area (Å²) in [6.45, 7) is 0. The number of nitrogens with zero attached hydrogens (tertiary/aromatic N) is 2. The first-order valence-electron chi connectivity index (χ1n) is 4.46. The molecule has 4 heteroatoms. The van der Waals surface area contributed by atoms with E-state index in [1.807, 2.05) is 31.3 Å². The van der Waals surface area contributed by atoms with E-state index in [-0.39, 0.29) is 0 Å². The lowest BCUT2D eigenvalue weighted by molar-refractivity contribution is 0.111. The van der Waals surface area contributed by atoms with Crippen molar-refractivity contribution >= 4 is 22.2 Å². The summed E-state index contributed by atoms with van der Waals surface area (Å²) >= 11 is 3.41. The number of hydrogen-bond donors (Lipinski definition) is 0. The number of hydrogen-bond acceptors (Lipinski definition) is 2. The van der Waals surface area contributed by atoms with Crippen LogP contribution in [0.4, 0.5) is 0 Å². The molecule has 0 atom stereocenters. The van der Waals surface area contributed by atoms with Crippen LogP contribution in [0.2, 0.25) is 0 Å². The highest BCUT2D eigenvalue weighted by atomic mass is 79.9. The van der Waals surface area contributed by atoms with Gasteiger partial charge in [0.1, 0.15) is 5.69 Å². The van der Waals surface area contributed by atoms with Crippen molar-refractivity contribution in [3.63, 3.8) is 0 Å². The number of aryl methyl sites for hydroxylation is 1. The average molecular weight is 265 g/mol. The number of carbonyl (C=O) groups excluding carboxylic acids is 1. The van der Waals surface area contributed by atoms with E-state index in [4.69, 9.17) is 0 Å². The molecule has 2 rings (SSSR count). The van der Waals surface area contributed by atoms with Crippen LogP contribution in [0, 0.1) is 0 Å². The van der Waals surface area contributed by atoms with Crippen LogP contribution in [-0.2, 0) is 7.05 Å². The molecule has 15 heavy (non-hydrogen) atoms. The largest absolute Gasteiger partial charge is 0.296 e. The predicted octanol–water partition coefficient (Wildman–Crippen LogP) is 2.66. The Morgan fingerprint density at radius 2 is 2.20 bits per heavy atom. The minimum Gasteiger partial charge on any atom is -0.296 e. The molecule has 0 unspecified atom stereocenters. The highest BCUT2D eigenvalue weighted by molar-refractivity contribution is 9.10. The van der Waals surface area contributed by atoms with Gasteiger partial charge >= 0.3 is 0 Å². The monoisotopic (exact) mass is 264 g/mol. The number of carbonyl (C=O) groups is 1. The van der Waals surface area contributed by atoms with Gasteiger partial charge in [-0.1, -0.05) is 28.1 Å². The fourth-order valence-electron chi connectivity index (χ4n) is 1.46. The molecule has 1 aromatic carbocycles. The summed E-state index contributed by atoms with van der Waals surface area (Å²) in [6, 6.07) is 9.66. The smallest absolute Gasteiger partial charge is 0.170 e. The highest BCUT2D eigenvalue weighted by Crippen LogP contribution is 2.22. The maximum absolute atomic E-state index is 10.6. The number of rotatable bonds is 2. The van der Waals surface area contributed by atoms with Gasteiger partial charge in [0, 0.05) is 17.1 Å². The summed E-state index contributed by atoms with van der Waals surface area (Å²) < 4.78 is 2.71. The molecule has 0 N–H and O–H groups in total. The molecule has 0 fully saturated rings. The molecule has 0 saturated heterocycles. The number of benzene rings is 1. The highest BCUT2D eigenvalue weighted by Gasteiger charge is 2.06. The van der Waals surface area contributed by atoms with Crippen molar-refractivity contribution in [1.82, 2.24) is 9.78 Å². The first-order valence-corrected chi connectivity index (χ1v) is 5.25. The maximum Gasteiger partial charge on any atom is 0.170 e. The van der Waals surface area contributed by atoms with Crippen molar-refractivity contribution in [1.29, 1.82) is 0 Å². The Hall–Kier alpha value is -1.42. The van der Waals surface area contributed by atoms with Crippen LogP contribution in [0.3, 0.4) is 0 Å². The second-order valence-electron chi connectivity index (χ2n) is 3.21. The van der Waals surface area contributed by atoms with Crippen LogP contribution >= 0.6 is 15.9 Å². The Bertz CT molecular complexity index is 505. The zero-order valence-corrected chi connectivity index (χ0v) is 9.73. The molecular weight excluding hydrogens is 256 g/mol. The fraction of sp³-hybridized carbons (Fsp3) is 0.0909. The standard InChI is InChI=1S/C11H9BrN2O/c1-14-11(6-10(7-15)13-14)8-3-2-4-9(12)5-8/h2-7H,1H3. The summed E-state index contributed by atoms with van der Waals surface area (Å²) in [5.74, 6) is 0. The normalized spacial score (nSPS) is 10.3. The van der Waals surface area contributed by atoms with Gasteiger partial charge in [-0.2, -0.15) is 5.10 Å². The van der Waals surface area contributed by atoms with Crippen LogP contribution < -0.4 is 0 Å². The van der Waals surface area contributed by atoms with E-state index in [9.17, 15) is 4.79 Å². The van der Waals surface area contributed by atoms with Crippen molar-refractivity contribution in [3.05, 3.63) is 40.5 Å². The summed E-state index contributed by atoms with van der Waals surface area (Å²) in [5, 5.41) is 4.07. The minimum absolute atomic E-state index is 0.451. The quantitative estimate of drug-likeness (QED) is 0.782. The minimum atomic E-state index is 0.451. The third-order valence-corrected chi connectivity index (χ3v) is 2.63. The SMILES string of the molecule is Cn1nc(C=O)cc1-c1cccc(Br)c1. The second-order valence-corrected chi connectivity index (χ2v) is 4.12. The number of halogens is 1. The summed E-state index contributed by atoms with van der Waals surface area (Å²) in [7, 11) is 1.82. The van der Waals surface area contributed by atoms with E-state index in [0.717, 1.165) is 22.0 Å². The van der Waals surface area contributed by atoms with Crippen molar-refractivity contribution in [2.24, 2.45) is 7.05 Å². The van der Waals surface area contributed by atoms with Crippen molar-refractivity contribution in [2.75, 3.05) is 0 Å². The lowest BCUT2D eigenvalue weighted by Gasteiger charge is -2.01. The van der Waals surface area contributed by atoms with Crippen LogP contribution in [-0.4, -0.2) is 16.1 Å². The Morgan fingerprint density at radius 1 is 1.40 bits per heavy atom. The molecule has 3 nitrogen and oxygen atoms in total. The number of aldehydes is 1. The molecule has 76 valence electrons. The first-order chi connectivity index (χ1) is 7.20. The molecule has 0 spiro atoms. The topological polar surface area (TPSA) is 34.9 Å². The van der Waals surface area contributed by atoms with Crippen LogP contribution in [0.25, 0.3) is 11.3 Å². The van der Waals surface area contributed by atoms with Gasteiger partial charge in [-0.3, -0.25) is 9.48 Å². The molecule has 0 amide bonds. The molecule has 0 aliphatic rings. The molecule has 0 aliphatic heterocycles. The Balaban J connectivity index is 2.53. The molecule has 1 aromatic heterocycles. The lowest BCUT2D eigenvalue weighted by Crippen LogP contribution is -1.94. The summed E-state index contributed by atoms with van der Waals surface area (Å²) in [6.07, 6.45) is 0.751. The third-order valence-electron chi connectivity index (χ3n) is 2.14. The summed E-state index contributed by atoms with van der Waals surface area (Å²) in [5.41, 5.74) is 2.42. The Kier molecular flexibility index (Phi) is 2.68. The van der Waals surface area contributed by atoms with Crippen LogP contribution in [0.15, 0.2) is 34.8 Å². The average Bonchev–Trinajstić information content (AvgIpc) is 2.60. The molecule has 0 aliphatic carbocycles. The Labute approximate surface area is 95.9 Å². The van der Waals surface area contributed by atoms with E-state index in [0.29, 0.717) is 5.69 Å². The first kappa shape index (κ1) is 10.1. The fourth-order valence-corrected chi connectivity index (χ4v) is 1.86. The van der Waals surface area contributed by atoms with E-state index >= 15 is 0 Å². The molecule has 2 aromatic rings. The van der Waals surface area contributed by atoms with E-state index in [1.165, 1.54) is 0 Å². The molecular formula is C11H9BrN2O. The van der Waals surface area contributed by atoms with E-state index in [2.05, 4.69) is 21.0 Å². The van der Waals surface area contributed by atoms with Gasteiger partial charge in [0.2, 0.25) is 0 Å². The van der Waals surface area contributed by atoms with Gasteiger partial charge in [-0.15, -0.1) is 0 Å². The molecule has 0 radical (unpaired) electrons. The van der Waals surface area contributed by atoms with E-state index < -0.39 is 0 Å². The predicted molar refractivity (Wildman–Crippen MR) is 61.7 cm³/mol. The van der Waals surface area contributed by atoms with Gasteiger partial charge in [-0.05, 0) is 18.2 Å². The molecule has 1 heterocycles. The number of aromatic nitrogens is 2. The maximum atomic E-state index is 10.6. The van der Waals surface area contributed by atoms with Gasteiger partial charge in [-0.25, -0.2) is 0 Å². The van der Waals surface area contributed by atoms with Crippen molar-refractivity contribution in [2.45, 2.75) is 0 Å². The van der Waals surface area contributed by atoms with E-state index in [1.54, 1.807) is 10.7 Å². The van der Waals surface area contributed by atoms with Crippen LogP contribution in [0.1, 0.15) is 10.5 Å². The van der Waals surface area contributed by atoms with Crippen molar-refractivity contribution < 1.29 is 4.79 Å². The second kappa shape index (κ2) is 3.98. The molecule has 0 bridgehead atoms.